The minimum absolute atomic E-state index is 0.0199. The van der Waals surface area contributed by atoms with Crippen LogP contribution in [0, 0.1) is 11.6 Å². The number of carbonyl (C=O) groups excluding carboxylic acids is 1. The molecule has 1 aliphatic carbocycles. The van der Waals surface area contributed by atoms with Gasteiger partial charge in [0.05, 0.1) is 11.6 Å². The number of nitrogens with zero attached hydrogens (tertiary/aromatic N) is 2. The quantitative estimate of drug-likeness (QED) is 0.796. The van der Waals surface area contributed by atoms with Crippen LogP contribution in [0.2, 0.25) is 0 Å². The molecule has 3 rings (SSSR count). The molecule has 0 N–H and O–H groups in total. The van der Waals surface area contributed by atoms with Gasteiger partial charge in [0.1, 0.15) is 11.6 Å². The predicted molar refractivity (Wildman–Crippen MR) is 76.3 cm³/mol. The molecule has 5 heteroatoms. The van der Waals surface area contributed by atoms with Gasteiger partial charge in [-0.2, -0.15) is 0 Å². The molecule has 1 atom stereocenters. The Kier molecular flexibility index (Phi) is 4.04. The molecule has 2 aliphatic rings. The van der Waals surface area contributed by atoms with Crippen LogP contribution in [0.25, 0.3) is 0 Å². The van der Waals surface area contributed by atoms with Gasteiger partial charge >= 0.3 is 0 Å². The van der Waals surface area contributed by atoms with Crippen LogP contribution in [0.15, 0.2) is 18.2 Å². The van der Waals surface area contributed by atoms with Crippen LogP contribution in [-0.2, 0) is 0 Å². The van der Waals surface area contributed by atoms with Crippen molar-refractivity contribution in [2.45, 2.75) is 31.8 Å². The van der Waals surface area contributed by atoms with Crippen LogP contribution in [0.5, 0.6) is 0 Å². The molecule has 3 nitrogen and oxygen atoms in total. The molecule has 0 amide bonds. The fourth-order valence-corrected chi connectivity index (χ4v) is 3.01. The Hall–Kier alpha value is -1.33. The highest BCUT2D eigenvalue weighted by Gasteiger charge is 2.33. The molecule has 2 fully saturated rings. The van der Waals surface area contributed by atoms with Gasteiger partial charge in [-0.25, -0.2) is 8.78 Å². The van der Waals surface area contributed by atoms with Crippen molar-refractivity contribution >= 4 is 5.78 Å². The molecule has 114 valence electrons. The van der Waals surface area contributed by atoms with Crippen molar-refractivity contribution in [1.82, 2.24) is 9.80 Å². The summed E-state index contributed by atoms with van der Waals surface area (Å²) in [7, 11) is 0. The zero-order chi connectivity index (χ0) is 15.0. The number of Topliss-reactive ketones (excluding diaryl/α,β-unsaturated/α-hetero) is 1. The number of rotatable bonds is 4. The topological polar surface area (TPSA) is 23.6 Å². The molecule has 0 spiro atoms. The van der Waals surface area contributed by atoms with Crippen molar-refractivity contribution in [3.05, 3.63) is 35.4 Å². The highest BCUT2D eigenvalue weighted by molar-refractivity contribution is 6.00. The Morgan fingerprint density at radius 3 is 2.43 bits per heavy atom. The van der Waals surface area contributed by atoms with Gasteiger partial charge in [-0.05, 0) is 31.9 Å². The second-order valence-corrected chi connectivity index (χ2v) is 5.97. The zero-order valence-electron chi connectivity index (χ0n) is 12.2. The summed E-state index contributed by atoms with van der Waals surface area (Å²) in [4.78, 5) is 16.9. The van der Waals surface area contributed by atoms with Crippen molar-refractivity contribution in [2.75, 3.05) is 26.2 Å². The van der Waals surface area contributed by atoms with E-state index in [4.69, 9.17) is 0 Å². The van der Waals surface area contributed by atoms with E-state index in [1.165, 1.54) is 18.9 Å². The minimum atomic E-state index is -0.775. The molecule has 0 aromatic heterocycles. The fraction of sp³-hybridized carbons (Fsp3) is 0.562. The summed E-state index contributed by atoms with van der Waals surface area (Å²) < 4.78 is 26.6. The lowest BCUT2D eigenvalue weighted by Crippen LogP contribution is -2.52. The van der Waals surface area contributed by atoms with E-state index in [9.17, 15) is 13.6 Å². The molecule has 1 aromatic rings. The number of halogens is 2. The van der Waals surface area contributed by atoms with Crippen LogP contribution in [0.4, 0.5) is 8.78 Å². The number of ketones is 1. The van der Waals surface area contributed by atoms with Crippen molar-refractivity contribution < 1.29 is 13.6 Å². The highest BCUT2D eigenvalue weighted by Crippen LogP contribution is 2.28. The monoisotopic (exact) mass is 294 g/mol. The first-order valence-corrected chi connectivity index (χ1v) is 7.53. The van der Waals surface area contributed by atoms with E-state index in [1.54, 1.807) is 6.92 Å². The molecule has 0 radical (unpaired) electrons. The van der Waals surface area contributed by atoms with E-state index in [2.05, 4.69) is 9.80 Å². The molecule has 0 bridgehead atoms. The smallest absolute Gasteiger partial charge is 0.182 e. The van der Waals surface area contributed by atoms with E-state index >= 15 is 0 Å². The largest absolute Gasteiger partial charge is 0.298 e. The average molecular weight is 294 g/mol. The Morgan fingerprint density at radius 1 is 1.19 bits per heavy atom. The lowest BCUT2D eigenvalue weighted by Gasteiger charge is -2.37. The van der Waals surface area contributed by atoms with E-state index in [0.717, 1.165) is 44.4 Å². The lowest BCUT2D eigenvalue weighted by atomic mass is 10.0. The van der Waals surface area contributed by atoms with Crippen LogP contribution in [-0.4, -0.2) is 53.8 Å². The number of piperazine rings is 1. The van der Waals surface area contributed by atoms with Crippen LogP contribution >= 0.6 is 0 Å². The summed E-state index contributed by atoms with van der Waals surface area (Å²) in [5.41, 5.74) is -0.0199. The van der Waals surface area contributed by atoms with E-state index in [-0.39, 0.29) is 17.4 Å². The molecule has 21 heavy (non-hydrogen) atoms. The van der Waals surface area contributed by atoms with Crippen molar-refractivity contribution in [2.24, 2.45) is 0 Å². The van der Waals surface area contributed by atoms with Crippen LogP contribution in [0.3, 0.4) is 0 Å². The van der Waals surface area contributed by atoms with Gasteiger partial charge in [0, 0.05) is 38.3 Å². The number of hydrogen-bond donors (Lipinski definition) is 0. The summed E-state index contributed by atoms with van der Waals surface area (Å²) in [6.07, 6.45) is 2.57. The minimum Gasteiger partial charge on any atom is -0.298 e. The first-order valence-electron chi connectivity index (χ1n) is 7.53. The normalized spacial score (nSPS) is 22.2. The summed E-state index contributed by atoms with van der Waals surface area (Å²) >= 11 is 0. The average Bonchev–Trinajstić information content (AvgIpc) is 3.31. The predicted octanol–water partition coefficient (Wildman–Crippen LogP) is 2.32. The summed E-state index contributed by atoms with van der Waals surface area (Å²) in [5, 5.41) is 0. The lowest BCUT2D eigenvalue weighted by molar-refractivity contribution is 0.0683. The second-order valence-electron chi connectivity index (χ2n) is 5.97. The molecular weight excluding hydrogens is 274 g/mol. The summed E-state index contributed by atoms with van der Waals surface area (Å²) in [6, 6.07) is 3.52. The molecule has 1 unspecified atom stereocenters. The Labute approximate surface area is 123 Å². The Bertz CT molecular complexity index is 537. The molecule has 1 heterocycles. The van der Waals surface area contributed by atoms with Gasteiger partial charge in [-0.3, -0.25) is 14.6 Å². The first-order chi connectivity index (χ1) is 10.1. The zero-order valence-corrected chi connectivity index (χ0v) is 12.2. The van der Waals surface area contributed by atoms with Gasteiger partial charge < -0.3 is 0 Å². The third kappa shape index (κ3) is 3.14. The SMILES string of the molecule is CC(C(=O)c1ccc(F)cc1F)N1CCN(C2CC2)CC1. The van der Waals surface area contributed by atoms with E-state index in [0.29, 0.717) is 0 Å². The molecule has 1 aliphatic heterocycles. The van der Waals surface area contributed by atoms with Gasteiger partial charge in [0.25, 0.3) is 0 Å². The molecule has 1 saturated heterocycles. The third-order valence-corrected chi connectivity index (χ3v) is 4.54. The standard InChI is InChI=1S/C16H20F2N2O/c1-11(16(21)14-5-2-12(17)10-15(14)18)19-6-8-20(9-7-19)13-3-4-13/h2,5,10-11,13H,3-4,6-9H2,1H3. The number of carbonyl (C=O) groups is 1. The van der Waals surface area contributed by atoms with Gasteiger partial charge in [0.15, 0.2) is 5.78 Å². The van der Waals surface area contributed by atoms with Crippen molar-refractivity contribution in [3.8, 4) is 0 Å². The van der Waals surface area contributed by atoms with Crippen molar-refractivity contribution in [1.29, 1.82) is 0 Å². The fourth-order valence-electron chi connectivity index (χ4n) is 3.01. The van der Waals surface area contributed by atoms with Gasteiger partial charge in [-0.15, -0.1) is 0 Å². The van der Waals surface area contributed by atoms with Gasteiger partial charge in [0.2, 0.25) is 0 Å². The second kappa shape index (κ2) is 5.81. The summed E-state index contributed by atoms with van der Waals surface area (Å²) in [6.45, 7) is 5.39. The first kappa shape index (κ1) is 14.6. The number of hydrogen-bond acceptors (Lipinski definition) is 3. The van der Waals surface area contributed by atoms with E-state index in [1.807, 2.05) is 0 Å². The maximum Gasteiger partial charge on any atom is 0.182 e. The van der Waals surface area contributed by atoms with Crippen LogP contribution < -0.4 is 0 Å². The van der Waals surface area contributed by atoms with Crippen molar-refractivity contribution in [3.63, 3.8) is 0 Å². The van der Waals surface area contributed by atoms with Crippen LogP contribution in [0.1, 0.15) is 30.1 Å². The molecule has 1 saturated carbocycles. The highest BCUT2D eigenvalue weighted by atomic mass is 19.1. The third-order valence-electron chi connectivity index (χ3n) is 4.54. The van der Waals surface area contributed by atoms with E-state index < -0.39 is 11.6 Å². The Morgan fingerprint density at radius 2 is 1.86 bits per heavy atom. The Balaban J connectivity index is 1.64. The molecule has 1 aromatic carbocycles. The molecular formula is C16H20F2N2O. The summed E-state index contributed by atoms with van der Waals surface area (Å²) in [5.74, 6) is -1.70. The maximum atomic E-state index is 13.7. The maximum absolute atomic E-state index is 13.7. The number of benzene rings is 1. The van der Waals surface area contributed by atoms with Gasteiger partial charge in [-0.1, -0.05) is 0 Å².